The van der Waals surface area contributed by atoms with Gasteiger partial charge in [-0.1, -0.05) is 202 Å². The SMILES string of the molecule is CC/C=C\C/C=C\C/C=C\C/C=C\C/C=C\C/C=C\C/C=C\CCCCCCCC(=O)OC(CO)COC(=O)CCCCCCCCCCCCCCCC. The van der Waals surface area contributed by atoms with Crippen LogP contribution in [0.15, 0.2) is 85.1 Å². The van der Waals surface area contributed by atoms with Crippen LogP contribution in [0.1, 0.15) is 200 Å². The van der Waals surface area contributed by atoms with Gasteiger partial charge in [-0.05, 0) is 70.6 Å². The van der Waals surface area contributed by atoms with Crippen molar-refractivity contribution in [2.75, 3.05) is 13.2 Å². The van der Waals surface area contributed by atoms with Crippen molar-refractivity contribution in [2.45, 2.75) is 206 Å². The molecule has 5 nitrogen and oxygen atoms in total. The van der Waals surface area contributed by atoms with Gasteiger partial charge in [-0.2, -0.15) is 0 Å². The highest BCUT2D eigenvalue weighted by atomic mass is 16.6. The maximum atomic E-state index is 12.2. The van der Waals surface area contributed by atoms with Crippen molar-refractivity contribution in [1.29, 1.82) is 0 Å². The number of unbranched alkanes of at least 4 members (excludes halogenated alkanes) is 18. The van der Waals surface area contributed by atoms with Crippen molar-refractivity contribution in [3.8, 4) is 0 Å². The van der Waals surface area contributed by atoms with Crippen molar-refractivity contribution in [3.63, 3.8) is 0 Å². The standard InChI is InChI=1S/C50H84O5/c1-3-5-7-9-11-13-15-17-19-20-21-22-23-24-25-26-27-28-29-30-31-33-35-37-39-41-43-45-50(53)55-48(46-51)47-54-49(52)44-42-40-38-36-34-32-18-16-14-12-10-8-6-4-2/h5,7,11,13,17,19,21-22,24-25,27-28,30-31,48,51H,3-4,6,8-10,12,14-16,18,20,23,26,29,32-47H2,1-2H3/b7-5-,13-11-,19-17-,22-21-,25-24-,28-27-,31-30-. The molecule has 314 valence electrons. The lowest BCUT2D eigenvalue weighted by molar-refractivity contribution is -0.161. The van der Waals surface area contributed by atoms with Crippen LogP contribution in [-0.2, 0) is 19.1 Å². The summed E-state index contributed by atoms with van der Waals surface area (Å²) in [6.45, 7) is 4.01. The normalized spacial score (nSPS) is 13.0. The Bertz CT molecular complexity index is 1050. The molecule has 0 heterocycles. The van der Waals surface area contributed by atoms with Crippen LogP contribution in [0.3, 0.4) is 0 Å². The van der Waals surface area contributed by atoms with E-state index >= 15 is 0 Å². The van der Waals surface area contributed by atoms with Crippen molar-refractivity contribution in [3.05, 3.63) is 85.1 Å². The van der Waals surface area contributed by atoms with Crippen LogP contribution in [0.5, 0.6) is 0 Å². The second kappa shape index (κ2) is 45.5. The topological polar surface area (TPSA) is 72.8 Å². The third kappa shape index (κ3) is 43.7. The van der Waals surface area contributed by atoms with E-state index in [1.807, 2.05) is 0 Å². The highest BCUT2D eigenvalue weighted by Gasteiger charge is 2.16. The first kappa shape index (κ1) is 52.1. The minimum absolute atomic E-state index is 0.0761. The van der Waals surface area contributed by atoms with Gasteiger partial charge in [-0.25, -0.2) is 0 Å². The number of carbonyl (C=O) groups excluding carboxylic acids is 2. The van der Waals surface area contributed by atoms with Gasteiger partial charge in [0.1, 0.15) is 6.61 Å². The van der Waals surface area contributed by atoms with Crippen LogP contribution in [-0.4, -0.2) is 36.4 Å². The Morgan fingerprint density at radius 1 is 0.436 bits per heavy atom. The smallest absolute Gasteiger partial charge is 0.306 e. The molecule has 0 amide bonds. The molecule has 1 atom stereocenters. The molecule has 0 rings (SSSR count). The molecule has 0 fully saturated rings. The van der Waals surface area contributed by atoms with Gasteiger partial charge in [-0.3, -0.25) is 9.59 Å². The highest BCUT2D eigenvalue weighted by Crippen LogP contribution is 2.14. The fraction of sp³-hybridized carbons (Fsp3) is 0.680. The number of allylic oxidation sites excluding steroid dienone is 14. The van der Waals surface area contributed by atoms with Gasteiger partial charge in [0.2, 0.25) is 0 Å². The Labute approximate surface area is 339 Å². The Morgan fingerprint density at radius 3 is 1.18 bits per heavy atom. The van der Waals surface area contributed by atoms with Gasteiger partial charge in [0.05, 0.1) is 6.61 Å². The molecule has 0 aromatic carbocycles. The zero-order valence-electron chi connectivity index (χ0n) is 35.7. The number of esters is 2. The number of rotatable bonds is 40. The number of hydrogen-bond donors (Lipinski definition) is 1. The summed E-state index contributed by atoms with van der Waals surface area (Å²) in [5.41, 5.74) is 0. The molecule has 0 radical (unpaired) electrons. The summed E-state index contributed by atoms with van der Waals surface area (Å²) in [4.78, 5) is 24.3. The van der Waals surface area contributed by atoms with Crippen LogP contribution in [0.25, 0.3) is 0 Å². The lowest BCUT2D eigenvalue weighted by Crippen LogP contribution is -2.28. The van der Waals surface area contributed by atoms with Gasteiger partial charge in [-0.15, -0.1) is 0 Å². The molecule has 0 aliphatic heterocycles. The maximum absolute atomic E-state index is 12.2. The molecule has 0 saturated carbocycles. The lowest BCUT2D eigenvalue weighted by atomic mass is 10.0. The third-order valence-corrected chi connectivity index (χ3v) is 9.45. The summed E-state index contributed by atoms with van der Waals surface area (Å²) in [7, 11) is 0. The summed E-state index contributed by atoms with van der Waals surface area (Å²) in [5, 5.41) is 9.58. The molecular formula is C50H84O5. The summed E-state index contributed by atoms with van der Waals surface area (Å²) in [5.74, 6) is -0.614. The van der Waals surface area contributed by atoms with Crippen LogP contribution < -0.4 is 0 Å². The first-order valence-electron chi connectivity index (χ1n) is 22.6. The first-order chi connectivity index (χ1) is 27.1. The van der Waals surface area contributed by atoms with Crippen molar-refractivity contribution >= 4 is 11.9 Å². The van der Waals surface area contributed by atoms with Crippen molar-refractivity contribution < 1.29 is 24.2 Å². The summed E-state index contributed by atoms with van der Waals surface area (Å²) in [6.07, 6.45) is 62.2. The summed E-state index contributed by atoms with van der Waals surface area (Å²) < 4.78 is 10.6. The molecule has 0 aliphatic carbocycles. The van der Waals surface area contributed by atoms with Crippen LogP contribution in [0.4, 0.5) is 0 Å². The van der Waals surface area contributed by atoms with E-state index in [0.29, 0.717) is 12.8 Å². The Balaban J connectivity index is 3.63. The minimum atomic E-state index is -0.785. The second-order valence-corrected chi connectivity index (χ2v) is 14.8. The zero-order chi connectivity index (χ0) is 40.0. The molecule has 0 aromatic heterocycles. The number of hydrogen-bond acceptors (Lipinski definition) is 5. The Hall–Kier alpha value is -2.92. The fourth-order valence-electron chi connectivity index (χ4n) is 6.06. The van der Waals surface area contributed by atoms with Crippen LogP contribution >= 0.6 is 0 Å². The number of carbonyl (C=O) groups is 2. The predicted molar refractivity (Wildman–Crippen MR) is 237 cm³/mol. The molecule has 0 saturated heterocycles. The summed E-state index contributed by atoms with van der Waals surface area (Å²) in [6, 6.07) is 0. The molecule has 0 aromatic rings. The molecule has 0 bridgehead atoms. The zero-order valence-corrected chi connectivity index (χ0v) is 35.7. The maximum Gasteiger partial charge on any atom is 0.306 e. The van der Waals surface area contributed by atoms with E-state index in [9.17, 15) is 14.7 Å². The molecular weight excluding hydrogens is 681 g/mol. The van der Waals surface area contributed by atoms with E-state index in [2.05, 4.69) is 98.9 Å². The van der Waals surface area contributed by atoms with E-state index in [-0.39, 0.29) is 25.2 Å². The Kier molecular flexibility index (Phi) is 43.1. The molecule has 0 spiro atoms. The molecule has 1 N–H and O–H groups in total. The van der Waals surface area contributed by atoms with Crippen molar-refractivity contribution in [2.24, 2.45) is 0 Å². The fourth-order valence-corrected chi connectivity index (χ4v) is 6.06. The number of aliphatic hydroxyl groups is 1. The van der Waals surface area contributed by atoms with Gasteiger partial charge < -0.3 is 14.6 Å². The van der Waals surface area contributed by atoms with E-state index < -0.39 is 6.10 Å². The van der Waals surface area contributed by atoms with Crippen LogP contribution in [0.2, 0.25) is 0 Å². The van der Waals surface area contributed by atoms with Gasteiger partial charge in [0.15, 0.2) is 6.10 Å². The van der Waals surface area contributed by atoms with Crippen molar-refractivity contribution in [1.82, 2.24) is 0 Å². The second-order valence-electron chi connectivity index (χ2n) is 14.8. The van der Waals surface area contributed by atoms with Gasteiger partial charge in [0.25, 0.3) is 0 Å². The van der Waals surface area contributed by atoms with E-state index in [0.717, 1.165) is 103 Å². The third-order valence-electron chi connectivity index (χ3n) is 9.45. The monoisotopic (exact) mass is 765 g/mol. The number of aliphatic hydroxyl groups excluding tert-OH is 1. The molecule has 1 unspecified atom stereocenters. The minimum Gasteiger partial charge on any atom is -0.462 e. The van der Waals surface area contributed by atoms with Crippen LogP contribution in [0, 0.1) is 0 Å². The lowest BCUT2D eigenvalue weighted by Gasteiger charge is -2.15. The first-order valence-corrected chi connectivity index (χ1v) is 22.6. The van der Waals surface area contributed by atoms with E-state index in [1.165, 1.54) is 70.6 Å². The predicted octanol–water partition coefficient (Wildman–Crippen LogP) is 14.7. The van der Waals surface area contributed by atoms with E-state index in [1.54, 1.807) is 0 Å². The van der Waals surface area contributed by atoms with Gasteiger partial charge in [0, 0.05) is 12.8 Å². The number of ether oxygens (including phenoxy) is 2. The largest absolute Gasteiger partial charge is 0.462 e. The van der Waals surface area contributed by atoms with Gasteiger partial charge >= 0.3 is 11.9 Å². The summed E-state index contributed by atoms with van der Waals surface area (Å²) >= 11 is 0. The molecule has 0 aliphatic rings. The highest BCUT2D eigenvalue weighted by molar-refractivity contribution is 5.70. The molecule has 5 heteroatoms. The Morgan fingerprint density at radius 2 is 0.782 bits per heavy atom. The molecule has 55 heavy (non-hydrogen) atoms. The van der Waals surface area contributed by atoms with E-state index in [4.69, 9.17) is 9.47 Å². The quantitative estimate of drug-likeness (QED) is 0.0382. The average molecular weight is 765 g/mol. The average Bonchev–Trinajstić information content (AvgIpc) is 3.19.